The van der Waals surface area contributed by atoms with Crippen LogP contribution in [0, 0.1) is 11.8 Å². The fourth-order valence-corrected chi connectivity index (χ4v) is 3.61. The van der Waals surface area contributed by atoms with E-state index >= 15 is 0 Å². The fraction of sp³-hybridized carbons (Fsp3) is 0.500. The molecule has 134 valence electrons. The second-order valence-electron chi connectivity index (χ2n) is 7.10. The zero-order valence-electron chi connectivity index (χ0n) is 15.1. The molecule has 3 rings (SSSR count). The summed E-state index contributed by atoms with van der Waals surface area (Å²) in [6, 6.07) is 10.0. The summed E-state index contributed by atoms with van der Waals surface area (Å²) in [6.07, 6.45) is 6.64. The van der Waals surface area contributed by atoms with Crippen molar-refractivity contribution >= 4 is 5.91 Å². The molecule has 0 radical (unpaired) electrons. The highest BCUT2D eigenvalue weighted by Crippen LogP contribution is 2.25. The monoisotopic (exact) mass is 340 g/mol. The van der Waals surface area contributed by atoms with E-state index in [2.05, 4.69) is 28.7 Å². The number of nitrogens with zero attached hydrogens (tertiary/aromatic N) is 2. The highest BCUT2D eigenvalue weighted by atomic mass is 16.1. The molecule has 0 bridgehead atoms. The Morgan fingerprint density at radius 3 is 2.84 bits per heavy atom. The predicted octanol–water partition coefficient (Wildman–Crippen LogP) is 3.08. The minimum absolute atomic E-state index is 0.0109. The van der Waals surface area contributed by atoms with Gasteiger partial charge in [-0.3, -0.25) is 4.79 Å². The number of aromatic nitrogens is 2. The summed E-state index contributed by atoms with van der Waals surface area (Å²) in [6.45, 7) is 6.40. The molecule has 0 saturated carbocycles. The smallest absolute Gasteiger partial charge is 0.220 e. The van der Waals surface area contributed by atoms with E-state index in [9.17, 15) is 4.79 Å². The average Bonchev–Trinajstić information content (AvgIpc) is 3.17. The molecule has 2 atom stereocenters. The summed E-state index contributed by atoms with van der Waals surface area (Å²) in [5.74, 6) is 1.23. The number of benzene rings is 1. The Balaban J connectivity index is 1.57. The van der Waals surface area contributed by atoms with Gasteiger partial charge in [0, 0.05) is 18.8 Å². The minimum atomic E-state index is -0.0109. The van der Waals surface area contributed by atoms with Crippen LogP contribution >= 0.6 is 0 Å². The first-order chi connectivity index (χ1) is 12.1. The highest BCUT2D eigenvalue weighted by Gasteiger charge is 2.22. The molecule has 1 aromatic carbocycles. The zero-order valence-corrected chi connectivity index (χ0v) is 15.1. The van der Waals surface area contributed by atoms with E-state index in [1.54, 1.807) is 6.20 Å². The second-order valence-corrected chi connectivity index (χ2v) is 7.10. The van der Waals surface area contributed by atoms with Gasteiger partial charge in [0.1, 0.15) is 0 Å². The minimum Gasteiger partial charge on any atom is -0.350 e. The molecule has 1 fully saturated rings. The molecule has 2 unspecified atom stereocenters. The van der Waals surface area contributed by atoms with Gasteiger partial charge in [-0.1, -0.05) is 19.1 Å². The van der Waals surface area contributed by atoms with Crippen LogP contribution in [0.15, 0.2) is 42.7 Å². The zero-order chi connectivity index (χ0) is 17.6. The highest BCUT2D eigenvalue weighted by molar-refractivity contribution is 5.76. The van der Waals surface area contributed by atoms with Crippen molar-refractivity contribution in [3.63, 3.8) is 0 Å². The van der Waals surface area contributed by atoms with E-state index in [4.69, 9.17) is 0 Å². The molecule has 0 aliphatic carbocycles. The maximum atomic E-state index is 12.4. The van der Waals surface area contributed by atoms with Crippen LogP contribution in [0.1, 0.15) is 44.7 Å². The van der Waals surface area contributed by atoms with Gasteiger partial charge < -0.3 is 10.6 Å². The first-order valence-corrected chi connectivity index (χ1v) is 9.23. The average molecular weight is 340 g/mol. The summed E-state index contributed by atoms with van der Waals surface area (Å²) in [5.41, 5.74) is 2.10. The third-order valence-corrected chi connectivity index (χ3v) is 5.21. The summed E-state index contributed by atoms with van der Waals surface area (Å²) in [7, 11) is 0. The Kier molecular flexibility index (Phi) is 5.87. The van der Waals surface area contributed by atoms with Crippen molar-refractivity contribution in [3.8, 4) is 5.69 Å². The number of nitrogens with one attached hydrogen (secondary N) is 2. The molecule has 1 aliphatic rings. The maximum Gasteiger partial charge on any atom is 0.220 e. The largest absolute Gasteiger partial charge is 0.350 e. The summed E-state index contributed by atoms with van der Waals surface area (Å²) < 4.78 is 1.83. The lowest BCUT2D eigenvalue weighted by Gasteiger charge is -2.28. The Labute approximate surface area is 149 Å². The van der Waals surface area contributed by atoms with Crippen molar-refractivity contribution in [2.45, 2.75) is 39.2 Å². The molecule has 5 nitrogen and oxygen atoms in total. The SMILES string of the molecule is CC(NC(=O)CC(C)C1CCNCC1)c1cccc(-n2cccn2)c1. The van der Waals surface area contributed by atoms with Crippen molar-refractivity contribution in [1.29, 1.82) is 0 Å². The first kappa shape index (κ1) is 17.7. The Morgan fingerprint density at radius 2 is 2.12 bits per heavy atom. The van der Waals surface area contributed by atoms with Crippen molar-refractivity contribution in [2.75, 3.05) is 13.1 Å². The van der Waals surface area contributed by atoms with Gasteiger partial charge >= 0.3 is 0 Å². The number of carbonyl (C=O) groups is 1. The van der Waals surface area contributed by atoms with Gasteiger partial charge in [0.05, 0.1) is 11.7 Å². The molecule has 5 heteroatoms. The van der Waals surface area contributed by atoms with Crippen LogP contribution in [-0.4, -0.2) is 28.8 Å². The first-order valence-electron chi connectivity index (χ1n) is 9.23. The summed E-state index contributed by atoms with van der Waals surface area (Å²) >= 11 is 0. The molecule has 25 heavy (non-hydrogen) atoms. The van der Waals surface area contributed by atoms with E-state index in [0.717, 1.165) is 24.3 Å². The van der Waals surface area contributed by atoms with Crippen LogP contribution in [0.3, 0.4) is 0 Å². The lowest BCUT2D eigenvalue weighted by molar-refractivity contribution is -0.123. The lowest BCUT2D eigenvalue weighted by Crippen LogP contribution is -2.34. The molecular formula is C20H28N4O. The number of hydrogen-bond acceptors (Lipinski definition) is 3. The van der Waals surface area contributed by atoms with Crippen LogP contribution in [0.4, 0.5) is 0 Å². The number of amides is 1. The van der Waals surface area contributed by atoms with Gasteiger partial charge in [-0.05, 0) is 68.5 Å². The molecule has 1 amide bonds. The van der Waals surface area contributed by atoms with E-state index in [0.29, 0.717) is 18.3 Å². The van der Waals surface area contributed by atoms with Crippen LogP contribution in [0.25, 0.3) is 5.69 Å². The van der Waals surface area contributed by atoms with Crippen LogP contribution < -0.4 is 10.6 Å². The normalized spacial score (nSPS) is 17.8. The van der Waals surface area contributed by atoms with Gasteiger partial charge in [-0.25, -0.2) is 4.68 Å². The number of piperidine rings is 1. The second kappa shape index (κ2) is 8.30. The van der Waals surface area contributed by atoms with Gasteiger partial charge in [0.15, 0.2) is 0 Å². The Hall–Kier alpha value is -2.14. The molecule has 2 heterocycles. The molecular weight excluding hydrogens is 312 g/mol. The van der Waals surface area contributed by atoms with Gasteiger partial charge in [0.2, 0.25) is 5.91 Å². The van der Waals surface area contributed by atoms with E-state index < -0.39 is 0 Å². The predicted molar refractivity (Wildman–Crippen MR) is 99.5 cm³/mol. The third kappa shape index (κ3) is 4.69. The van der Waals surface area contributed by atoms with Crippen LogP contribution in [0.2, 0.25) is 0 Å². The quantitative estimate of drug-likeness (QED) is 0.850. The molecule has 1 saturated heterocycles. The van der Waals surface area contributed by atoms with Crippen molar-refractivity contribution in [1.82, 2.24) is 20.4 Å². The van der Waals surface area contributed by atoms with Crippen LogP contribution in [0.5, 0.6) is 0 Å². The van der Waals surface area contributed by atoms with Gasteiger partial charge in [-0.15, -0.1) is 0 Å². The van der Waals surface area contributed by atoms with Gasteiger partial charge in [-0.2, -0.15) is 5.10 Å². The number of carbonyl (C=O) groups excluding carboxylic acids is 1. The standard InChI is InChI=1S/C20H28N4O/c1-15(17-7-10-21-11-8-17)13-20(25)23-16(2)18-5-3-6-19(14-18)24-12-4-9-22-24/h3-6,9,12,14-17,21H,7-8,10-11,13H2,1-2H3,(H,23,25). The van der Waals surface area contributed by atoms with Crippen molar-refractivity contribution < 1.29 is 4.79 Å². The number of hydrogen-bond donors (Lipinski definition) is 2. The van der Waals surface area contributed by atoms with Gasteiger partial charge in [0.25, 0.3) is 0 Å². The lowest BCUT2D eigenvalue weighted by atomic mass is 9.84. The Morgan fingerprint density at radius 1 is 1.32 bits per heavy atom. The third-order valence-electron chi connectivity index (χ3n) is 5.21. The van der Waals surface area contributed by atoms with E-state index in [-0.39, 0.29) is 11.9 Å². The Bertz CT molecular complexity index is 677. The topological polar surface area (TPSA) is 59.0 Å². The van der Waals surface area contributed by atoms with E-state index in [1.165, 1.54) is 12.8 Å². The molecule has 2 N–H and O–H groups in total. The molecule has 1 aromatic heterocycles. The van der Waals surface area contributed by atoms with E-state index in [1.807, 2.05) is 42.1 Å². The fourth-order valence-electron chi connectivity index (χ4n) is 3.61. The molecule has 1 aliphatic heterocycles. The molecule has 0 spiro atoms. The molecule has 2 aromatic rings. The summed E-state index contributed by atoms with van der Waals surface area (Å²) in [5, 5.41) is 10.8. The maximum absolute atomic E-state index is 12.4. The van der Waals surface area contributed by atoms with Crippen molar-refractivity contribution in [3.05, 3.63) is 48.3 Å². The van der Waals surface area contributed by atoms with Crippen LogP contribution in [-0.2, 0) is 4.79 Å². The van der Waals surface area contributed by atoms with Crippen molar-refractivity contribution in [2.24, 2.45) is 11.8 Å². The number of rotatable bonds is 6. The summed E-state index contributed by atoms with van der Waals surface area (Å²) in [4.78, 5) is 12.4.